The van der Waals surface area contributed by atoms with Crippen LogP contribution in [0.15, 0.2) is 24.5 Å². The van der Waals surface area contributed by atoms with E-state index >= 15 is 0 Å². The van der Waals surface area contributed by atoms with Gasteiger partial charge in [-0.15, -0.1) is 0 Å². The molecule has 1 atom stereocenters. The Morgan fingerprint density at radius 2 is 1.77 bits per heavy atom. The van der Waals surface area contributed by atoms with Gasteiger partial charge in [0.05, 0.1) is 6.54 Å². The second-order valence-corrected chi connectivity index (χ2v) is 9.24. The van der Waals surface area contributed by atoms with Gasteiger partial charge in [-0.25, -0.2) is 14.6 Å². The van der Waals surface area contributed by atoms with Crippen LogP contribution in [0.25, 0.3) is 0 Å². The minimum atomic E-state index is -0.579. The molecule has 0 saturated carbocycles. The van der Waals surface area contributed by atoms with Crippen LogP contribution in [0.1, 0.15) is 49.3 Å². The first-order chi connectivity index (χ1) is 14.5. The molecule has 1 aromatic carbocycles. The highest BCUT2D eigenvalue weighted by atomic mass is 16.6. The number of carbonyl (C=O) groups is 2. The van der Waals surface area contributed by atoms with E-state index in [1.165, 1.54) is 0 Å². The van der Waals surface area contributed by atoms with Crippen molar-refractivity contribution >= 4 is 17.8 Å². The number of imidazole rings is 1. The molecule has 168 valence electrons. The molecule has 1 aliphatic heterocycles. The van der Waals surface area contributed by atoms with Crippen molar-refractivity contribution in [2.24, 2.45) is 7.05 Å². The Labute approximate surface area is 184 Å². The van der Waals surface area contributed by atoms with Gasteiger partial charge in [0.25, 0.3) is 0 Å². The van der Waals surface area contributed by atoms with Gasteiger partial charge in [0, 0.05) is 38.2 Å². The Morgan fingerprint density at radius 3 is 2.32 bits per heavy atom. The Bertz CT molecular complexity index is 953. The molecule has 0 spiro atoms. The molecule has 0 radical (unpaired) electrons. The number of aryl methyl sites for hydroxylation is 4. The predicted molar refractivity (Wildman–Crippen MR) is 120 cm³/mol. The number of urea groups is 1. The van der Waals surface area contributed by atoms with E-state index in [1.54, 1.807) is 16.0 Å². The van der Waals surface area contributed by atoms with Crippen molar-refractivity contribution in [3.8, 4) is 0 Å². The number of nitrogens with one attached hydrogen (secondary N) is 1. The number of ether oxygens (including phenoxy) is 1. The summed E-state index contributed by atoms with van der Waals surface area (Å²) in [4.78, 5) is 33.8. The van der Waals surface area contributed by atoms with Crippen LogP contribution >= 0.6 is 0 Å². The van der Waals surface area contributed by atoms with Crippen LogP contribution in [0.2, 0.25) is 0 Å². The lowest BCUT2D eigenvalue weighted by Gasteiger charge is -2.41. The van der Waals surface area contributed by atoms with Gasteiger partial charge in [-0.3, -0.25) is 0 Å². The van der Waals surface area contributed by atoms with Gasteiger partial charge in [0.2, 0.25) is 0 Å². The molecule has 3 amide bonds. The van der Waals surface area contributed by atoms with Crippen LogP contribution in [-0.4, -0.2) is 56.7 Å². The van der Waals surface area contributed by atoms with Crippen LogP contribution in [0, 0.1) is 20.8 Å². The van der Waals surface area contributed by atoms with Crippen molar-refractivity contribution in [1.82, 2.24) is 19.4 Å². The molecule has 1 saturated heterocycles. The van der Waals surface area contributed by atoms with Crippen LogP contribution in [-0.2, 0) is 11.8 Å². The Kier molecular flexibility index (Phi) is 6.29. The zero-order valence-electron chi connectivity index (χ0n) is 19.5. The van der Waals surface area contributed by atoms with Crippen LogP contribution in [0.4, 0.5) is 15.3 Å². The molecule has 1 fully saturated rings. The van der Waals surface area contributed by atoms with Crippen LogP contribution in [0.5, 0.6) is 0 Å². The summed E-state index contributed by atoms with van der Waals surface area (Å²) in [7, 11) is 1.89. The van der Waals surface area contributed by atoms with Crippen molar-refractivity contribution in [3.63, 3.8) is 0 Å². The lowest BCUT2D eigenvalue weighted by Crippen LogP contribution is -2.54. The van der Waals surface area contributed by atoms with E-state index < -0.39 is 5.60 Å². The highest BCUT2D eigenvalue weighted by Gasteiger charge is 2.37. The van der Waals surface area contributed by atoms with E-state index in [0.29, 0.717) is 19.6 Å². The third-order valence-corrected chi connectivity index (χ3v) is 5.36. The summed E-state index contributed by atoms with van der Waals surface area (Å²) in [5.74, 6) is 0.723. The maximum Gasteiger partial charge on any atom is 0.410 e. The molecule has 1 N–H and O–H groups in total. The zero-order valence-corrected chi connectivity index (χ0v) is 19.5. The average Bonchev–Trinajstić information content (AvgIpc) is 3.08. The standard InChI is InChI=1S/C23H33N5O3/c1-15-12-16(2)19(17(3)13-15)25-21(29)28-11-10-27(22(30)31-23(4,5)6)14-18(28)20-24-8-9-26(20)7/h8-9,12-13,18H,10-11,14H2,1-7H3,(H,25,29)/t18-/m0/s1. The number of anilines is 1. The first kappa shape index (κ1) is 22.7. The quantitative estimate of drug-likeness (QED) is 0.780. The molecule has 0 unspecified atom stereocenters. The molecule has 2 heterocycles. The van der Waals surface area contributed by atoms with Gasteiger partial charge >= 0.3 is 12.1 Å². The van der Waals surface area contributed by atoms with Crippen LogP contribution in [0.3, 0.4) is 0 Å². The molecule has 1 aromatic heterocycles. The van der Waals surface area contributed by atoms with E-state index in [4.69, 9.17) is 4.74 Å². The Hall–Kier alpha value is -3.03. The summed E-state index contributed by atoms with van der Waals surface area (Å²) in [6, 6.07) is 3.53. The van der Waals surface area contributed by atoms with Gasteiger partial charge < -0.3 is 24.4 Å². The molecule has 0 aliphatic carbocycles. The maximum atomic E-state index is 13.3. The fourth-order valence-corrected chi connectivity index (χ4v) is 3.99. The summed E-state index contributed by atoms with van der Waals surface area (Å²) in [6.07, 6.45) is 3.16. The first-order valence-corrected chi connectivity index (χ1v) is 10.6. The second-order valence-electron chi connectivity index (χ2n) is 9.24. The number of hydrogen-bond donors (Lipinski definition) is 1. The topological polar surface area (TPSA) is 79.7 Å². The average molecular weight is 428 g/mol. The third-order valence-electron chi connectivity index (χ3n) is 5.36. The van der Waals surface area contributed by atoms with E-state index in [0.717, 1.165) is 28.2 Å². The van der Waals surface area contributed by atoms with Crippen LogP contribution < -0.4 is 5.32 Å². The third kappa shape index (κ3) is 5.18. The summed E-state index contributed by atoms with van der Waals surface area (Å²) in [6.45, 7) is 12.7. The fourth-order valence-electron chi connectivity index (χ4n) is 3.99. The SMILES string of the molecule is Cc1cc(C)c(NC(=O)N2CCN(C(=O)OC(C)(C)C)C[C@H]2c2nccn2C)c(C)c1. The predicted octanol–water partition coefficient (Wildman–Crippen LogP) is 4.17. The van der Waals surface area contributed by atoms with Gasteiger partial charge in [0.15, 0.2) is 0 Å². The number of nitrogens with zero attached hydrogens (tertiary/aromatic N) is 4. The number of piperazine rings is 1. The molecule has 31 heavy (non-hydrogen) atoms. The normalized spacial score (nSPS) is 16.9. The number of carbonyl (C=O) groups excluding carboxylic acids is 2. The van der Waals surface area contributed by atoms with Crippen molar-refractivity contribution in [1.29, 1.82) is 0 Å². The summed E-state index contributed by atoms with van der Waals surface area (Å²) >= 11 is 0. The monoisotopic (exact) mass is 427 g/mol. The largest absolute Gasteiger partial charge is 0.444 e. The van der Waals surface area contributed by atoms with Crippen molar-refractivity contribution in [2.45, 2.75) is 53.2 Å². The highest BCUT2D eigenvalue weighted by molar-refractivity contribution is 5.91. The molecule has 0 bridgehead atoms. The molecule has 8 heteroatoms. The highest BCUT2D eigenvalue weighted by Crippen LogP contribution is 2.28. The maximum absolute atomic E-state index is 13.3. The van der Waals surface area contributed by atoms with Gasteiger partial charge in [-0.2, -0.15) is 0 Å². The molecular formula is C23H33N5O3. The Balaban J connectivity index is 1.85. The minimum Gasteiger partial charge on any atom is -0.444 e. The van der Waals surface area contributed by atoms with Crippen molar-refractivity contribution < 1.29 is 14.3 Å². The summed E-state index contributed by atoms with van der Waals surface area (Å²) in [5, 5.41) is 3.08. The molecule has 2 aromatic rings. The van der Waals surface area contributed by atoms with Gasteiger partial charge in [0.1, 0.15) is 17.5 Å². The number of hydrogen-bond acceptors (Lipinski definition) is 4. The summed E-state index contributed by atoms with van der Waals surface area (Å²) in [5.41, 5.74) is 3.44. The number of rotatable bonds is 2. The second kappa shape index (κ2) is 8.61. The number of aromatic nitrogens is 2. The van der Waals surface area contributed by atoms with E-state index in [2.05, 4.69) is 22.4 Å². The lowest BCUT2D eigenvalue weighted by atomic mass is 10.1. The Morgan fingerprint density at radius 1 is 1.13 bits per heavy atom. The summed E-state index contributed by atoms with van der Waals surface area (Å²) < 4.78 is 7.43. The first-order valence-electron chi connectivity index (χ1n) is 10.6. The van der Waals surface area contributed by atoms with Crippen molar-refractivity contribution in [2.75, 3.05) is 25.0 Å². The fraction of sp³-hybridized carbons (Fsp3) is 0.522. The minimum absolute atomic E-state index is 0.202. The number of benzene rings is 1. The van der Waals surface area contributed by atoms with Gasteiger partial charge in [-0.1, -0.05) is 17.7 Å². The number of amides is 3. The van der Waals surface area contributed by atoms with Crippen molar-refractivity contribution in [3.05, 3.63) is 47.0 Å². The lowest BCUT2D eigenvalue weighted by molar-refractivity contribution is 0.00862. The molecular weight excluding hydrogens is 394 g/mol. The zero-order chi connectivity index (χ0) is 22.9. The van der Waals surface area contributed by atoms with Gasteiger partial charge in [-0.05, 0) is 52.7 Å². The van der Waals surface area contributed by atoms with E-state index in [9.17, 15) is 9.59 Å². The molecule has 3 rings (SSSR count). The molecule has 1 aliphatic rings. The molecule has 8 nitrogen and oxygen atoms in total. The van der Waals surface area contributed by atoms with E-state index in [-0.39, 0.29) is 18.2 Å². The van der Waals surface area contributed by atoms with E-state index in [1.807, 2.05) is 59.4 Å². The smallest absolute Gasteiger partial charge is 0.410 e.